The average molecular weight is 532 g/mol. The molecular formula is C32H41N3O4. The van der Waals surface area contributed by atoms with Crippen LogP contribution in [0.4, 0.5) is 5.69 Å². The molecule has 2 fully saturated rings. The molecule has 2 aliphatic rings. The summed E-state index contributed by atoms with van der Waals surface area (Å²) >= 11 is 0. The lowest BCUT2D eigenvalue weighted by atomic mass is 9.73. The monoisotopic (exact) mass is 531 g/mol. The number of nitrogens with two attached hydrogens (primary N) is 1. The van der Waals surface area contributed by atoms with E-state index in [4.69, 9.17) is 5.73 Å². The van der Waals surface area contributed by atoms with Gasteiger partial charge in [-0.25, -0.2) is 0 Å². The first-order valence-corrected chi connectivity index (χ1v) is 14.5. The van der Waals surface area contributed by atoms with Gasteiger partial charge in [0.1, 0.15) is 6.04 Å². The van der Waals surface area contributed by atoms with Crippen LogP contribution < -0.4 is 16.0 Å². The number of benzene rings is 2. The minimum Gasteiger partial charge on any atom is -0.369 e. The average Bonchev–Trinajstić information content (AvgIpc) is 3.10. The smallest absolute Gasteiger partial charge is 0.249 e. The van der Waals surface area contributed by atoms with Crippen molar-refractivity contribution in [2.45, 2.75) is 77.2 Å². The van der Waals surface area contributed by atoms with Crippen LogP contribution in [0, 0.1) is 17.8 Å². The first-order valence-electron chi connectivity index (χ1n) is 14.5. The van der Waals surface area contributed by atoms with E-state index in [0.717, 1.165) is 44.9 Å². The van der Waals surface area contributed by atoms with Gasteiger partial charge in [0, 0.05) is 35.2 Å². The van der Waals surface area contributed by atoms with Crippen molar-refractivity contribution in [3.05, 3.63) is 65.7 Å². The molecule has 7 nitrogen and oxygen atoms in total. The second-order valence-electron chi connectivity index (χ2n) is 11.1. The van der Waals surface area contributed by atoms with Gasteiger partial charge in [-0.2, -0.15) is 0 Å². The van der Waals surface area contributed by atoms with Crippen molar-refractivity contribution >= 4 is 29.2 Å². The van der Waals surface area contributed by atoms with Crippen LogP contribution in [0.15, 0.2) is 54.6 Å². The highest BCUT2D eigenvalue weighted by molar-refractivity contribution is 6.10. The highest BCUT2D eigenvalue weighted by atomic mass is 16.2. The molecule has 1 saturated carbocycles. The number of anilines is 1. The zero-order chi connectivity index (χ0) is 27.8. The number of carbonyl (C=O) groups is 4. The third-order valence-electron chi connectivity index (χ3n) is 8.33. The lowest BCUT2D eigenvalue weighted by molar-refractivity contribution is -0.136. The van der Waals surface area contributed by atoms with Gasteiger partial charge in [-0.05, 0) is 50.2 Å². The third-order valence-corrected chi connectivity index (χ3v) is 8.33. The molecule has 4 rings (SSSR count). The minimum atomic E-state index is -0.683. The number of nitrogens with zero attached hydrogens (tertiary/aromatic N) is 1. The lowest BCUT2D eigenvalue weighted by Gasteiger charge is -2.33. The quantitative estimate of drug-likeness (QED) is 0.375. The summed E-state index contributed by atoms with van der Waals surface area (Å²) in [5.41, 5.74) is 7.54. The van der Waals surface area contributed by atoms with Gasteiger partial charge >= 0.3 is 0 Å². The summed E-state index contributed by atoms with van der Waals surface area (Å²) in [6.45, 7) is 2.57. The molecule has 0 bridgehead atoms. The molecule has 39 heavy (non-hydrogen) atoms. The molecule has 0 radical (unpaired) electrons. The highest BCUT2D eigenvalue weighted by Crippen LogP contribution is 2.36. The van der Waals surface area contributed by atoms with Crippen LogP contribution in [0.25, 0.3) is 0 Å². The molecule has 1 saturated heterocycles. The molecule has 2 aromatic carbocycles. The van der Waals surface area contributed by atoms with Gasteiger partial charge < -0.3 is 16.0 Å². The van der Waals surface area contributed by atoms with Crippen molar-refractivity contribution in [3.8, 4) is 0 Å². The largest absolute Gasteiger partial charge is 0.369 e. The Morgan fingerprint density at radius 2 is 1.69 bits per heavy atom. The van der Waals surface area contributed by atoms with Crippen molar-refractivity contribution in [2.75, 3.05) is 11.4 Å². The predicted octanol–water partition coefficient (Wildman–Crippen LogP) is 5.02. The second kappa shape index (κ2) is 13.5. The Bertz CT molecular complexity index is 1160. The number of amides is 3. The van der Waals surface area contributed by atoms with Crippen LogP contribution in [0.5, 0.6) is 0 Å². The molecule has 0 aromatic heterocycles. The summed E-state index contributed by atoms with van der Waals surface area (Å²) < 4.78 is 0. The van der Waals surface area contributed by atoms with E-state index in [1.807, 2.05) is 24.3 Å². The summed E-state index contributed by atoms with van der Waals surface area (Å²) in [7, 11) is 0. The Kier molecular flexibility index (Phi) is 9.90. The molecule has 3 atom stereocenters. The minimum absolute atomic E-state index is 0.104. The maximum absolute atomic E-state index is 13.8. The van der Waals surface area contributed by atoms with E-state index in [-0.39, 0.29) is 17.6 Å². The molecule has 0 spiro atoms. The number of hydrogen-bond acceptors (Lipinski definition) is 4. The number of ketones is 1. The van der Waals surface area contributed by atoms with Gasteiger partial charge in [-0.1, -0.05) is 81.5 Å². The van der Waals surface area contributed by atoms with Crippen molar-refractivity contribution in [2.24, 2.45) is 23.5 Å². The molecule has 3 amide bonds. The van der Waals surface area contributed by atoms with Crippen molar-refractivity contribution < 1.29 is 19.2 Å². The summed E-state index contributed by atoms with van der Waals surface area (Å²) in [4.78, 5) is 54.5. The van der Waals surface area contributed by atoms with E-state index >= 15 is 0 Å². The van der Waals surface area contributed by atoms with Crippen molar-refractivity contribution in [3.63, 3.8) is 0 Å². The maximum Gasteiger partial charge on any atom is 0.249 e. The SMILES string of the molecule is CCCC[C@H](C(N)=O)[C@@H](CC1CCC1)C(=O)N[C@H]1CCCCN(c2cccc(C(=O)c3ccccc3)c2)C1=O. The highest BCUT2D eigenvalue weighted by Gasteiger charge is 2.38. The molecule has 3 N–H and O–H groups in total. The van der Waals surface area contributed by atoms with E-state index in [9.17, 15) is 19.2 Å². The van der Waals surface area contributed by atoms with E-state index in [1.165, 1.54) is 0 Å². The number of hydrogen-bond donors (Lipinski definition) is 2. The molecule has 1 aliphatic carbocycles. The fourth-order valence-corrected chi connectivity index (χ4v) is 5.79. The van der Waals surface area contributed by atoms with Crippen molar-refractivity contribution in [1.29, 1.82) is 0 Å². The Labute approximate surface area is 231 Å². The van der Waals surface area contributed by atoms with E-state index in [1.54, 1.807) is 35.2 Å². The molecule has 208 valence electrons. The van der Waals surface area contributed by atoms with Crippen LogP contribution in [0.2, 0.25) is 0 Å². The third kappa shape index (κ3) is 7.14. The van der Waals surface area contributed by atoms with Gasteiger partial charge in [0.15, 0.2) is 5.78 Å². The topological polar surface area (TPSA) is 110 Å². The van der Waals surface area contributed by atoms with Gasteiger partial charge in [-0.3, -0.25) is 19.2 Å². The van der Waals surface area contributed by atoms with Gasteiger partial charge in [0.2, 0.25) is 17.7 Å². The molecule has 0 unspecified atom stereocenters. The fourth-order valence-electron chi connectivity index (χ4n) is 5.79. The molecule has 1 heterocycles. The first kappa shape index (κ1) is 28.5. The number of primary amides is 1. The van der Waals surface area contributed by atoms with Crippen molar-refractivity contribution in [1.82, 2.24) is 5.32 Å². The van der Waals surface area contributed by atoms with E-state index in [0.29, 0.717) is 48.5 Å². The van der Waals surface area contributed by atoms with Gasteiger partial charge in [-0.15, -0.1) is 0 Å². The lowest BCUT2D eigenvalue weighted by Crippen LogP contribution is -2.51. The number of nitrogens with one attached hydrogen (secondary N) is 1. The number of unbranched alkanes of at least 4 members (excludes halogenated alkanes) is 1. The Morgan fingerprint density at radius 3 is 2.36 bits per heavy atom. The fraction of sp³-hybridized carbons (Fsp3) is 0.500. The predicted molar refractivity (Wildman–Crippen MR) is 152 cm³/mol. The summed E-state index contributed by atoms with van der Waals surface area (Å²) in [6.07, 6.45) is 8.38. The van der Waals surface area contributed by atoms with Crippen LogP contribution in [-0.4, -0.2) is 36.1 Å². The van der Waals surface area contributed by atoms with Crippen LogP contribution in [-0.2, 0) is 14.4 Å². The summed E-state index contributed by atoms with van der Waals surface area (Å²) in [5.74, 6) is -1.58. The molecule has 7 heteroatoms. The standard InChI is InChI=1S/C32H41N3O4/c1-2-3-17-26(30(33)37)27(20-22-11-9-12-22)31(38)34-28-18-7-8-19-35(32(28)39)25-16-10-15-24(21-25)29(36)23-13-5-4-6-14-23/h4-6,10,13-16,21-22,26-28H,2-3,7-9,11-12,17-20H2,1H3,(H2,33,37)(H,34,38)/t26-,27+,28-/m0/s1. The van der Waals surface area contributed by atoms with Gasteiger partial charge in [0.25, 0.3) is 0 Å². The van der Waals surface area contributed by atoms with E-state index < -0.39 is 23.8 Å². The molecular weight excluding hydrogens is 490 g/mol. The zero-order valence-corrected chi connectivity index (χ0v) is 22.9. The summed E-state index contributed by atoms with van der Waals surface area (Å²) in [5, 5.41) is 3.03. The van der Waals surface area contributed by atoms with E-state index in [2.05, 4.69) is 12.2 Å². The maximum atomic E-state index is 13.8. The Hall–Kier alpha value is -3.48. The number of carbonyl (C=O) groups excluding carboxylic acids is 4. The number of rotatable bonds is 12. The second-order valence-corrected chi connectivity index (χ2v) is 11.1. The van der Waals surface area contributed by atoms with Gasteiger partial charge in [0.05, 0.1) is 0 Å². The normalized spacial score (nSPS) is 19.5. The van der Waals surface area contributed by atoms with Crippen LogP contribution >= 0.6 is 0 Å². The Morgan fingerprint density at radius 1 is 0.949 bits per heavy atom. The van der Waals surface area contributed by atoms with Crippen LogP contribution in [0.1, 0.15) is 87.1 Å². The summed E-state index contributed by atoms with van der Waals surface area (Å²) in [6, 6.07) is 15.5. The Balaban J connectivity index is 1.52. The molecule has 1 aliphatic heterocycles. The zero-order valence-electron chi connectivity index (χ0n) is 22.9. The van der Waals surface area contributed by atoms with Crippen LogP contribution in [0.3, 0.4) is 0 Å². The molecule has 2 aromatic rings. The first-order chi connectivity index (χ1) is 18.9.